The standard InChI is InChI=1S/C15H20ClN3O/c1-19-7-6-13(18-15(20)11-8-17-9-11)14(19)10-2-4-12(16)5-3-10/h2-5,11,13-14,17H,6-9H2,1H3,(H,18,20). The van der Waals surface area contributed by atoms with Crippen molar-refractivity contribution < 1.29 is 4.79 Å². The molecule has 20 heavy (non-hydrogen) atoms. The van der Waals surface area contributed by atoms with Gasteiger partial charge in [-0.15, -0.1) is 0 Å². The summed E-state index contributed by atoms with van der Waals surface area (Å²) in [7, 11) is 2.11. The Balaban J connectivity index is 1.72. The van der Waals surface area contributed by atoms with E-state index < -0.39 is 0 Å². The molecular formula is C15H20ClN3O. The monoisotopic (exact) mass is 293 g/mol. The summed E-state index contributed by atoms with van der Waals surface area (Å²) in [5, 5.41) is 7.11. The van der Waals surface area contributed by atoms with Gasteiger partial charge in [-0.1, -0.05) is 23.7 Å². The number of halogens is 1. The Bertz CT molecular complexity index is 486. The first-order valence-corrected chi connectivity index (χ1v) is 7.50. The van der Waals surface area contributed by atoms with E-state index in [9.17, 15) is 4.79 Å². The van der Waals surface area contributed by atoms with Crippen LogP contribution in [0.15, 0.2) is 24.3 Å². The SMILES string of the molecule is CN1CCC(NC(=O)C2CNC2)C1c1ccc(Cl)cc1. The van der Waals surface area contributed by atoms with Gasteiger partial charge in [-0.3, -0.25) is 9.69 Å². The zero-order chi connectivity index (χ0) is 14.1. The van der Waals surface area contributed by atoms with Gasteiger partial charge in [0, 0.05) is 30.7 Å². The molecule has 0 spiro atoms. The smallest absolute Gasteiger partial charge is 0.225 e. The number of amides is 1. The van der Waals surface area contributed by atoms with Crippen molar-refractivity contribution >= 4 is 17.5 Å². The molecule has 3 rings (SSSR count). The lowest BCUT2D eigenvalue weighted by Gasteiger charge is -2.30. The molecule has 108 valence electrons. The molecule has 2 atom stereocenters. The molecule has 5 heteroatoms. The Morgan fingerprint density at radius 2 is 2.05 bits per heavy atom. The first kappa shape index (κ1) is 13.9. The molecule has 0 aliphatic carbocycles. The molecular weight excluding hydrogens is 274 g/mol. The average molecular weight is 294 g/mol. The third kappa shape index (κ3) is 2.68. The molecule has 1 aromatic carbocycles. The predicted molar refractivity (Wildman–Crippen MR) is 79.7 cm³/mol. The van der Waals surface area contributed by atoms with Crippen LogP contribution in [-0.2, 0) is 4.79 Å². The van der Waals surface area contributed by atoms with Crippen LogP contribution in [0.2, 0.25) is 5.02 Å². The molecule has 2 heterocycles. The Labute approximate surface area is 124 Å². The minimum atomic E-state index is 0.145. The summed E-state index contributed by atoms with van der Waals surface area (Å²) in [6.07, 6.45) is 0.996. The number of carbonyl (C=O) groups excluding carboxylic acids is 1. The van der Waals surface area contributed by atoms with Gasteiger partial charge in [0.25, 0.3) is 0 Å². The quantitative estimate of drug-likeness (QED) is 0.886. The maximum absolute atomic E-state index is 12.1. The van der Waals surface area contributed by atoms with E-state index in [1.807, 2.05) is 12.1 Å². The van der Waals surface area contributed by atoms with Crippen molar-refractivity contribution in [1.29, 1.82) is 0 Å². The van der Waals surface area contributed by atoms with E-state index in [2.05, 4.69) is 34.7 Å². The Kier molecular flexibility index (Phi) is 3.96. The first-order chi connectivity index (χ1) is 9.65. The van der Waals surface area contributed by atoms with E-state index in [4.69, 9.17) is 11.6 Å². The fourth-order valence-corrected chi connectivity index (χ4v) is 3.15. The highest BCUT2D eigenvalue weighted by Gasteiger charge is 2.36. The summed E-state index contributed by atoms with van der Waals surface area (Å²) in [6.45, 7) is 2.61. The minimum absolute atomic E-state index is 0.145. The summed E-state index contributed by atoms with van der Waals surface area (Å²) in [6, 6.07) is 8.37. The van der Waals surface area contributed by atoms with Crippen molar-refractivity contribution in [3.8, 4) is 0 Å². The number of nitrogens with one attached hydrogen (secondary N) is 2. The van der Waals surface area contributed by atoms with Crippen LogP contribution in [0.25, 0.3) is 0 Å². The summed E-state index contributed by atoms with van der Waals surface area (Å²) < 4.78 is 0. The van der Waals surface area contributed by atoms with E-state index >= 15 is 0 Å². The number of likely N-dealkylation sites (N-methyl/N-ethyl adjacent to an activating group) is 1. The van der Waals surface area contributed by atoms with Crippen molar-refractivity contribution in [2.24, 2.45) is 5.92 Å². The van der Waals surface area contributed by atoms with Gasteiger partial charge in [-0.25, -0.2) is 0 Å². The number of carbonyl (C=O) groups is 1. The molecule has 0 radical (unpaired) electrons. The zero-order valence-electron chi connectivity index (χ0n) is 11.6. The normalized spacial score (nSPS) is 27.3. The minimum Gasteiger partial charge on any atom is -0.351 e. The lowest BCUT2D eigenvalue weighted by Crippen LogP contribution is -2.53. The predicted octanol–water partition coefficient (Wildman–Crippen LogP) is 1.42. The highest BCUT2D eigenvalue weighted by molar-refractivity contribution is 6.30. The van der Waals surface area contributed by atoms with Crippen molar-refractivity contribution in [3.05, 3.63) is 34.9 Å². The molecule has 0 aromatic heterocycles. The first-order valence-electron chi connectivity index (χ1n) is 7.12. The molecule has 1 amide bonds. The third-order valence-corrected chi connectivity index (χ3v) is 4.59. The van der Waals surface area contributed by atoms with Gasteiger partial charge in [0.2, 0.25) is 5.91 Å². The number of likely N-dealkylation sites (tertiary alicyclic amines) is 1. The van der Waals surface area contributed by atoms with Crippen molar-refractivity contribution in [2.75, 3.05) is 26.7 Å². The zero-order valence-corrected chi connectivity index (χ0v) is 12.4. The van der Waals surface area contributed by atoms with E-state index in [-0.39, 0.29) is 23.9 Å². The molecule has 2 saturated heterocycles. The van der Waals surface area contributed by atoms with Gasteiger partial charge in [-0.05, 0) is 31.2 Å². The van der Waals surface area contributed by atoms with Gasteiger partial charge in [-0.2, -0.15) is 0 Å². The van der Waals surface area contributed by atoms with Crippen LogP contribution in [0, 0.1) is 5.92 Å². The fourth-order valence-electron chi connectivity index (χ4n) is 3.02. The highest BCUT2D eigenvalue weighted by Crippen LogP contribution is 2.31. The second-order valence-electron chi connectivity index (χ2n) is 5.74. The van der Waals surface area contributed by atoms with E-state index in [1.54, 1.807) is 0 Å². The van der Waals surface area contributed by atoms with Crippen LogP contribution in [0.3, 0.4) is 0 Å². The Hall–Kier alpha value is -1.10. The van der Waals surface area contributed by atoms with Crippen LogP contribution in [-0.4, -0.2) is 43.5 Å². The molecule has 4 nitrogen and oxygen atoms in total. The second kappa shape index (κ2) is 5.72. The van der Waals surface area contributed by atoms with Crippen molar-refractivity contribution in [2.45, 2.75) is 18.5 Å². The average Bonchev–Trinajstić information content (AvgIpc) is 2.69. The summed E-state index contributed by atoms with van der Waals surface area (Å²) in [5.41, 5.74) is 1.21. The Morgan fingerprint density at radius 3 is 2.65 bits per heavy atom. The van der Waals surface area contributed by atoms with Crippen LogP contribution in [0.5, 0.6) is 0 Å². The summed E-state index contributed by atoms with van der Waals surface area (Å²) in [4.78, 5) is 14.4. The van der Waals surface area contributed by atoms with Crippen LogP contribution in [0.1, 0.15) is 18.0 Å². The van der Waals surface area contributed by atoms with Crippen LogP contribution < -0.4 is 10.6 Å². The van der Waals surface area contributed by atoms with Crippen molar-refractivity contribution in [1.82, 2.24) is 15.5 Å². The Morgan fingerprint density at radius 1 is 1.35 bits per heavy atom. The summed E-state index contributed by atoms with van der Waals surface area (Å²) >= 11 is 5.95. The molecule has 2 unspecified atom stereocenters. The second-order valence-corrected chi connectivity index (χ2v) is 6.17. The van der Waals surface area contributed by atoms with Gasteiger partial charge in [0.15, 0.2) is 0 Å². The number of hydrogen-bond donors (Lipinski definition) is 2. The summed E-state index contributed by atoms with van der Waals surface area (Å²) in [5.74, 6) is 0.329. The molecule has 2 aliphatic heterocycles. The van der Waals surface area contributed by atoms with E-state index in [0.29, 0.717) is 0 Å². The number of hydrogen-bond acceptors (Lipinski definition) is 3. The molecule has 2 aliphatic rings. The van der Waals surface area contributed by atoms with Gasteiger partial charge >= 0.3 is 0 Å². The number of rotatable bonds is 3. The number of benzene rings is 1. The highest BCUT2D eigenvalue weighted by atomic mass is 35.5. The molecule has 0 bridgehead atoms. The van der Waals surface area contributed by atoms with E-state index in [1.165, 1.54) is 5.56 Å². The van der Waals surface area contributed by atoms with Gasteiger partial charge in [0.1, 0.15) is 0 Å². The topological polar surface area (TPSA) is 44.4 Å². The molecule has 1 aromatic rings. The maximum Gasteiger partial charge on any atom is 0.225 e. The van der Waals surface area contributed by atoms with Crippen molar-refractivity contribution in [3.63, 3.8) is 0 Å². The van der Waals surface area contributed by atoms with Gasteiger partial charge < -0.3 is 10.6 Å². The lowest BCUT2D eigenvalue weighted by molar-refractivity contribution is -0.127. The van der Waals surface area contributed by atoms with Crippen LogP contribution >= 0.6 is 11.6 Å². The van der Waals surface area contributed by atoms with Gasteiger partial charge in [0.05, 0.1) is 12.0 Å². The largest absolute Gasteiger partial charge is 0.351 e. The lowest BCUT2D eigenvalue weighted by atomic mass is 9.97. The fraction of sp³-hybridized carbons (Fsp3) is 0.533. The molecule has 2 fully saturated rings. The number of nitrogens with zero attached hydrogens (tertiary/aromatic N) is 1. The molecule has 2 N–H and O–H groups in total. The third-order valence-electron chi connectivity index (χ3n) is 4.34. The van der Waals surface area contributed by atoms with E-state index in [0.717, 1.165) is 31.1 Å². The molecule has 0 saturated carbocycles. The maximum atomic E-state index is 12.1. The van der Waals surface area contributed by atoms with Crippen LogP contribution in [0.4, 0.5) is 0 Å².